The number of benzene rings is 3. The van der Waals surface area contributed by atoms with E-state index in [9.17, 15) is 32.3 Å². The normalized spacial score (nSPS) is 13.1. The molecule has 0 unspecified atom stereocenters. The number of nitrogens with zero attached hydrogens (tertiary/aromatic N) is 1. The Kier molecular flexibility index (Phi) is 8.05. The van der Waals surface area contributed by atoms with Gasteiger partial charge in [0.25, 0.3) is 5.91 Å². The van der Waals surface area contributed by atoms with Gasteiger partial charge in [-0.1, -0.05) is 49.8 Å². The van der Waals surface area contributed by atoms with Gasteiger partial charge < -0.3 is 20.5 Å². The molecule has 3 aromatic carbocycles. The molecule has 1 heterocycles. The van der Waals surface area contributed by atoms with Crippen molar-refractivity contribution in [2.45, 2.75) is 32.7 Å². The Morgan fingerprint density at radius 1 is 1.05 bits per heavy atom. The number of nitrogens with one attached hydrogen (secondary N) is 2. The largest absolute Gasteiger partial charge is 0.573 e. The lowest BCUT2D eigenvalue weighted by Crippen LogP contribution is -2.45. The quantitative estimate of drug-likeness (QED) is 0.191. The summed E-state index contributed by atoms with van der Waals surface area (Å²) in [5.74, 6) is -2.84. The van der Waals surface area contributed by atoms with Crippen LogP contribution in [0.2, 0.25) is 0 Å². The molecular weight excluding hydrogens is 538 g/mol. The van der Waals surface area contributed by atoms with Gasteiger partial charge in [0.2, 0.25) is 0 Å². The van der Waals surface area contributed by atoms with E-state index in [1.54, 1.807) is 25.1 Å². The Bertz CT molecular complexity index is 1510. The fraction of sp³-hybridized carbons (Fsp3) is 0.222. The summed E-state index contributed by atoms with van der Waals surface area (Å²) in [4.78, 5) is 28.3. The van der Waals surface area contributed by atoms with E-state index in [0.717, 1.165) is 17.4 Å². The molecule has 0 aliphatic rings. The summed E-state index contributed by atoms with van der Waals surface area (Å²) in [7, 11) is 0. The molecule has 0 saturated heterocycles. The van der Waals surface area contributed by atoms with Gasteiger partial charge in [0, 0.05) is 11.6 Å². The molecule has 39 heavy (non-hydrogen) atoms. The van der Waals surface area contributed by atoms with E-state index < -0.39 is 30.1 Å². The second-order valence-corrected chi connectivity index (χ2v) is 9.80. The highest BCUT2D eigenvalue weighted by Crippen LogP contribution is 2.34. The SMILES string of the molecule is CC[C@H](C)[C@H](NC(=O)c1ccc(-c2ccc(Nc3nc4ccc(OC(F)(F)F)cc4s3)c(F)c2)cc1)C(=O)O. The number of amides is 1. The first-order chi connectivity index (χ1) is 18.4. The Morgan fingerprint density at radius 3 is 2.36 bits per heavy atom. The van der Waals surface area contributed by atoms with Crippen LogP contribution in [0.3, 0.4) is 0 Å². The molecule has 7 nitrogen and oxygen atoms in total. The van der Waals surface area contributed by atoms with Crippen LogP contribution < -0.4 is 15.4 Å². The number of hydrogen-bond acceptors (Lipinski definition) is 6. The lowest BCUT2D eigenvalue weighted by Gasteiger charge is -2.20. The third-order valence-electron chi connectivity index (χ3n) is 6.05. The number of anilines is 2. The van der Waals surface area contributed by atoms with Gasteiger partial charge in [0.05, 0.1) is 15.9 Å². The summed E-state index contributed by atoms with van der Waals surface area (Å²) in [6.07, 6.45) is -4.22. The zero-order valence-corrected chi connectivity index (χ0v) is 21.5. The van der Waals surface area contributed by atoms with E-state index >= 15 is 0 Å². The number of aliphatic carboxylic acids is 1. The predicted octanol–water partition coefficient (Wildman–Crippen LogP) is 6.97. The molecule has 0 spiro atoms. The van der Waals surface area contributed by atoms with Crippen molar-refractivity contribution in [1.29, 1.82) is 0 Å². The first-order valence-electron chi connectivity index (χ1n) is 11.8. The Morgan fingerprint density at radius 2 is 1.74 bits per heavy atom. The van der Waals surface area contributed by atoms with E-state index in [1.807, 2.05) is 6.92 Å². The molecule has 0 bridgehead atoms. The molecule has 1 aromatic heterocycles. The first-order valence-corrected chi connectivity index (χ1v) is 12.6. The van der Waals surface area contributed by atoms with Crippen LogP contribution in [0, 0.1) is 11.7 Å². The van der Waals surface area contributed by atoms with Crippen LogP contribution in [0.1, 0.15) is 30.6 Å². The van der Waals surface area contributed by atoms with Crippen molar-refractivity contribution in [2.75, 3.05) is 5.32 Å². The van der Waals surface area contributed by atoms with E-state index in [-0.39, 0.29) is 28.0 Å². The van der Waals surface area contributed by atoms with Crippen LogP contribution >= 0.6 is 11.3 Å². The van der Waals surface area contributed by atoms with Crippen molar-refractivity contribution in [1.82, 2.24) is 10.3 Å². The highest BCUT2D eigenvalue weighted by molar-refractivity contribution is 7.22. The molecule has 12 heteroatoms. The Hall–Kier alpha value is -4.19. The van der Waals surface area contributed by atoms with Gasteiger partial charge in [-0.15, -0.1) is 13.2 Å². The second-order valence-electron chi connectivity index (χ2n) is 8.77. The lowest BCUT2D eigenvalue weighted by atomic mass is 9.98. The maximum atomic E-state index is 14.9. The number of alkyl halides is 3. The smallest absolute Gasteiger partial charge is 0.480 e. The molecule has 0 radical (unpaired) electrons. The van der Waals surface area contributed by atoms with Crippen molar-refractivity contribution in [3.8, 4) is 16.9 Å². The fourth-order valence-corrected chi connectivity index (χ4v) is 4.70. The standard InChI is InChI=1S/C27H23F4N3O4S/c1-3-14(2)23(25(36)37)34-24(35)16-6-4-15(5-7-16)17-8-10-20(19(28)12-17)32-26-33-21-11-9-18(13-22(21)39-26)38-27(29,30)31/h4-14,23H,3H2,1-2H3,(H,32,33)(H,34,35)(H,36,37)/t14-,23-/m0/s1. The molecule has 4 rings (SSSR count). The van der Waals surface area contributed by atoms with Gasteiger partial charge >= 0.3 is 12.3 Å². The number of rotatable bonds is 9. The number of carbonyl (C=O) groups excluding carboxylic acids is 1. The molecule has 204 valence electrons. The summed E-state index contributed by atoms with van der Waals surface area (Å²) in [5, 5.41) is 15.1. The Balaban J connectivity index is 1.46. The third kappa shape index (κ3) is 6.82. The maximum Gasteiger partial charge on any atom is 0.573 e. The van der Waals surface area contributed by atoms with Crippen LogP contribution in [0.5, 0.6) is 5.75 Å². The number of hydrogen-bond donors (Lipinski definition) is 3. The number of carbonyl (C=O) groups is 2. The highest BCUT2D eigenvalue weighted by atomic mass is 32.1. The molecule has 0 saturated carbocycles. The average Bonchev–Trinajstić information content (AvgIpc) is 3.28. The zero-order valence-electron chi connectivity index (χ0n) is 20.7. The minimum Gasteiger partial charge on any atom is -0.480 e. The van der Waals surface area contributed by atoms with Crippen LogP contribution in [-0.2, 0) is 4.79 Å². The average molecular weight is 562 g/mol. The number of fused-ring (bicyclic) bond motifs is 1. The number of thiazole rings is 1. The highest BCUT2D eigenvalue weighted by Gasteiger charge is 2.31. The minimum atomic E-state index is -4.81. The van der Waals surface area contributed by atoms with Crippen molar-refractivity contribution < 1.29 is 37.0 Å². The van der Waals surface area contributed by atoms with Gasteiger partial charge in [0.15, 0.2) is 5.13 Å². The molecule has 3 N–H and O–H groups in total. The number of aromatic nitrogens is 1. The number of carboxylic acids is 1. The summed E-state index contributed by atoms with van der Waals surface area (Å²) < 4.78 is 56.7. The summed E-state index contributed by atoms with van der Waals surface area (Å²) in [6.45, 7) is 3.59. The van der Waals surface area contributed by atoms with Crippen LogP contribution in [0.15, 0.2) is 60.7 Å². The predicted molar refractivity (Wildman–Crippen MR) is 140 cm³/mol. The topological polar surface area (TPSA) is 101 Å². The summed E-state index contributed by atoms with van der Waals surface area (Å²) >= 11 is 1.04. The minimum absolute atomic E-state index is 0.116. The fourth-order valence-electron chi connectivity index (χ4n) is 3.79. The zero-order chi connectivity index (χ0) is 28.3. The molecule has 1 amide bonds. The molecule has 0 aliphatic heterocycles. The van der Waals surface area contributed by atoms with Crippen molar-refractivity contribution in [2.24, 2.45) is 5.92 Å². The van der Waals surface area contributed by atoms with Crippen LogP contribution in [0.25, 0.3) is 21.3 Å². The monoisotopic (exact) mass is 561 g/mol. The van der Waals surface area contributed by atoms with Crippen molar-refractivity contribution in [3.05, 3.63) is 72.0 Å². The second kappa shape index (κ2) is 11.3. The third-order valence-corrected chi connectivity index (χ3v) is 6.98. The summed E-state index contributed by atoms with van der Waals surface area (Å²) in [5.41, 5.74) is 1.98. The van der Waals surface area contributed by atoms with E-state index in [1.165, 1.54) is 36.4 Å². The van der Waals surface area contributed by atoms with E-state index in [2.05, 4.69) is 20.4 Å². The van der Waals surface area contributed by atoms with Gasteiger partial charge in [0.1, 0.15) is 17.6 Å². The first kappa shape index (κ1) is 27.8. The van der Waals surface area contributed by atoms with Gasteiger partial charge in [-0.2, -0.15) is 0 Å². The van der Waals surface area contributed by atoms with E-state index in [0.29, 0.717) is 27.8 Å². The molecule has 0 aliphatic carbocycles. The number of ether oxygens (including phenoxy) is 1. The van der Waals surface area contributed by atoms with Crippen molar-refractivity contribution >= 4 is 44.2 Å². The maximum absolute atomic E-state index is 14.9. The summed E-state index contributed by atoms with van der Waals surface area (Å²) in [6, 6.07) is 13.5. The molecule has 4 aromatic rings. The van der Waals surface area contributed by atoms with Crippen LogP contribution in [-0.4, -0.2) is 34.4 Å². The Labute approximate surface area is 224 Å². The number of carboxylic acid groups (broad SMARTS) is 1. The number of halogens is 4. The molecular formula is C27H23F4N3O4S. The van der Waals surface area contributed by atoms with Gasteiger partial charge in [-0.25, -0.2) is 14.2 Å². The molecule has 2 atom stereocenters. The molecule has 0 fully saturated rings. The van der Waals surface area contributed by atoms with Gasteiger partial charge in [-0.3, -0.25) is 4.79 Å². The lowest BCUT2D eigenvalue weighted by molar-refractivity contribution is -0.274. The van der Waals surface area contributed by atoms with Crippen molar-refractivity contribution in [3.63, 3.8) is 0 Å². The van der Waals surface area contributed by atoms with Gasteiger partial charge in [-0.05, 0) is 53.4 Å². The van der Waals surface area contributed by atoms with Crippen LogP contribution in [0.4, 0.5) is 28.4 Å². The van der Waals surface area contributed by atoms with E-state index in [4.69, 9.17) is 0 Å².